The van der Waals surface area contributed by atoms with Gasteiger partial charge in [-0.1, -0.05) is 28.4 Å². The zero-order valence-corrected chi connectivity index (χ0v) is 11.7. The third-order valence-electron chi connectivity index (χ3n) is 1.85. The van der Waals surface area contributed by atoms with Crippen LogP contribution in [0.25, 0.3) is 0 Å². The number of rotatable bonds is 3. The fourth-order valence-electron chi connectivity index (χ4n) is 1.00. The van der Waals surface area contributed by atoms with Gasteiger partial charge in [0.15, 0.2) is 0 Å². The van der Waals surface area contributed by atoms with Crippen molar-refractivity contribution in [2.75, 3.05) is 19.4 Å². The number of halogens is 2. The number of oxime groups is 1. The summed E-state index contributed by atoms with van der Waals surface area (Å²) in [6.07, 6.45) is 0.0194. The minimum atomic E-state index is -0.860. The van der Waals surface area contributed by atoms with Gasteiger partial charge in [-0.2, -0.15) is 0 Å². The highest BCUT2D eigenvalue weighted by molar-refractivity contribution is 6.35. The summed E-state index contributed by atoms with van der Waals surface area (Å²) >= 11 is 11.5. The molecule has 19 heavy (non-hydrogen) atoms. The Bertz CT molecular complexity index is 498. The first-order chi connectivity index (χ1) is 8.88. The van der Waals surface area contributed by atoms with E-state index >= 15 is 0 Å². The summed E-state index contributed by atoms with van der Waals surface area (Å²) in [5.74, 6) is -0.404. The number of hydrogen-bond acceptors (Lipinski definition) is 4. The quantitative estimate of drug-likeness (QED) is 0.530. The van der Waals surface area contributed by atoms with Gasteiger partial charge in [0.25, 0.3) is 5.91 Å². The molecule has 0 radical (unpaired) electrons. The van der Waals surface area contributed by atoms with E-state index in [1.54, 1.807) is 14.1 Å². The Balaban J connectivity index is 2.54. The van der Waals surface area contributed by atoms with Crippen molar-refractivity contribution in [3.8, 4) is 0 Å². The van der Waals surface area contributed by atoms with Crippen LogP contribution < -0.4 is 5.32 Å². The topological polar surface area (TPSA) is 71.0 Å². The molecule has 8 heteroatoms. The van der Waals surface area contributed by atoms with E-state index < -0.39 is 12.0 Å². The highest BCUT2D eigenvalue weighted by Crippen LogP contribution is 2.22. The zero-order valence-electron chi connectivity index (χ0n) is 10.2. The molecule has 0 aliphatic rings. The van der Waals surface area contributed by atoms with Gasteiger partial charge in [0, 0.05) is 29.8 Å². The van der Waals surface area contributed by atoms with Crippen LogP contribution in [0.5, 0.6) is 0 Å². The molecule has 0 unspecified atom stereocenters. The Morgan fingerprint density at radius 3 is 2.37 bits per heavy atom. The number of carbonyl (C=O) groups is 2. The number of nitrogens with zero attached hydrogens (tertiary/aromatic N) is 2. The minimum Gasteiger partial charge on any atom is -0.344 e. The maximum absolute atomic E-state index is 11.3. The molecule has 0 aliphatic heterocycles. The molecule has 0 heterocycles. The van der Waals surface area contributed by atoms with E-state index in [1.807, 2.05) is 0 Å². The van der Waals surface area contributed by atoms with E-state index in [-0.39, 0.29) is 0 Å². The molecule has 0 fully saturated rings. The van der Waals surface area contributed by atoms with E-state index in [0.29, 0.717) is 15.7 Å². The maximum Gasteiger partial charge on any atom is 0.437 e. The Morgan fingerprint density at radius 2 is 1.84 bits per heavy atom. The van der Waals surface area contributed by atoms with Gasteiger partial charge in [-0.3, -0.25) is 14.9 Å². The van der Waals surface area contributed by atoms with Crippen LogP contribution in [0.3, 0.4) is 0 Å². The molecular weight excluding hydrogens is 293 g/mol. The van der Waals surface area contributed by atoms with Gasteiger partial charge in [0.1, 0.15) is 6.21 Å². The zero-order chi connectivity index (χ0) is 14.4. The Labute approximate surface area is 119 Å². The minimum absolute atomic E-state index is 0.358. The average molecular weight is 304 g/mol. The predicted molar refractivity (Wildman–Crippen MR) is 73.8 cm³/mol. The van der Waals surface area contributed by atoms with Crippen LogP contribution >= 0.6 is 23.2 Å². The first-order valence-corrected chi connectivity index (χ1v) is 5.83. The van der Waals surface area contributed by atoms with Crippen molar-refractivity contribution in [2.24, 2.45) is 5.16 Å². The lowest BCUT2D eigenvalue weighted by molar-refractivity contribution is -0.121. The summed E-state index contributed by atoms with van der Waals surface area (Å²) in [5, 5.41) is 6.34. The Kier molecular flexibility index (Phi) is 5.59. The summed E-state index contributed by atoms with van der Waals surface area (Å²) in [6, 6.07) is 4.50. The standard InChI is InChI=1S/C11H11Cl2N3O3/c1-16(2)10(17)6-14-19-11(18)15-9-4-7(12)3-8(13)5-9/h3-6H,1-2H3,(H,15,18). The lowest BCUT2D eigenvalue weighted by Gasteiger charge is -2.05. The summed E-state index contributed by atoms with van der Waals surface area (Å²) in [6.45, 7) is 0. The molecule has 0 saturated carbocycles. The van der Waals surface area contributed by atoms with Gasteiger partial charge in [0.05, 0.1) is 0 Å². The lowest BCUT2D eigenvalue weighted by Crippen LogP contribution is -2.23. The second-order valence-electron chi connectivity index (χ2n) is 3.63. The average Bonchev–Trinajstić information content (AvgIpc) is 2.26. The second kappa shape index (κ2) is 6.96. The van der Waals surface area contributed by atoms with E-state index in [0.717, 1.165) is 6.21 Å². The van der Waals surface area contributed by atoms with E-state index in [4.69, 9.17) is 23.2 Å². The van der Waals surface area contributed by atoms with E-state index in [1.165, 1.54) is 23.1 Å². The van der Waals surface area contributed by atoms with Crippen molar-refractivity contribution in [2.45, 2.75) is 0 Å². The largest absolute Gasteiger partial charge is 0.437 e. The van der Waals surface area contributed by atoms with Crippen LogP contribution in [-0.4, -0.2) is 37.2 Å². The van der Waals surface area contributed by atoms with Gasteiger partial charge < -0.3 is 4.90 Å². The van der Waals surface area contributed by atoms with Crippen molar-refractivity contribution in [1.82, 2.24) is 4.90 Å². The monoisotopic (exact) mass is 303 g/mol. The molecule has 0 bridgehead atoms. The molecule has 1 rings (SSSR count). The fourth-order valence-corrected chi connectivity index (χ4v) is 1.53. The van der Waals surface area contributed by atoms with Crippen molar-refractivity contribution in [3.05, 3.63) is 28.2 Å². The SMILES string of the molecule is CN(C)C(=O)C=NOC(=O)Nc1cc(Cl)cc(Cl)c1. The van der Waals surface area contributed by atoms with Crippen molar-refractivity contribution >= 4 is 47.1 Å². The van der Waals surface area contributed by atoms with E-state index in [2.05, 4.69) is 15.3 Å². The van der Waals surface area contributed by atoms with Crippen molar-refractivity contribution in [1.29, 1.82) is 0 Å². The van der Waals surface area contributed by atoms with Crippen LogP contribution in [0.4, 0.5) is 10.5 Å². The molecule has 1 N–H and O–H groups in total. The third-order valence-corrected chi connectivity index (χ3v) is 2.28. The smallest absolute Gasteiger partial charge is 0.344 e. The summed E-state index contributed by atoms with van der Waals surface area (Å²) < 4.78 is 0. The molecule has 2 amide bonds. The molecule has 6 nitrogen and oxygen atoms in total. The number of amides is 2. The van der Waals surface area contributed by atoms with Gasteiger partial charge in [-0.05, 0) is 18.2 Å². The number of carbonyl (C=O) groups excluding carboxylic acids is 2. The molecular formula is C11H11Cl2N3O3. The highest BCUT2D eigenvalue weighted by Gasteiger charge is 2.05. The second-order valence-corrected chi connectivity index (χ2v) is 4.50. The maximum atomic E-state index is 11.3. The Hall–Kier alpha value is -1.79. The van der Waals surface area contributed by atoms with Crippen LogP contribution in [0, 0.1) is 0 Å². The van der Waals surface area contributed by atoms with Gasteiger partial charge >= 0.3 is 6.09 Å². The fraction of sp³-hybridized carbons (Fsp3) is 0.182. The first-order valence-electron chi connectivity index (χ1n) is 5.07. The molecule has 1 aromatic rings. The molecule has 0 atom stereocenters. The summed E-state index contributed by atoms with van der Waals surface area (Å²) in [7, 11) is 3.09. The van der Waals surface area contributed by atoms with Crippen LogP contribution in [0.2, 0.25) is 10.0 Å². The first kappa shape index (κ1) is 15.3. The third kappa shape index (κ3) is 5.58. The highest BCUT2D eigenvalue weighted by atomic mass is 35.5. The molecule has 0 aliphatic carbocycles. The number of anilines is 1. The van der Waals surface area contributed by atoms with Crippen molar-refractivity contribution < 1.29 is 14.4 Å². The van der Waals surface area contributed by atoms with Crippen molar-refractivity contribution in [3.63, 3.8) is 0 Å². The molecule has 1 aromatic carbocycles. The van der Waals surface area contributed by atoms with Gasteiger partial charge in [-0.25, -0.2) is 4.79 Å². The summed E-state index contributed by atoms with van der Waals surface area (Å²) in [5.41, 5.74) is 0.358. The van der Waals surface area contributed by atoms with Gasteiger partial charge in [-0.15, -0.1) is 0 Å². The normalized spacial score (nSPS) is 10.3. The summed E-state index contributed by atoms with van der Waals surface area (Å²) in [4.78, 5) is 28.1. The van der Waals surface area contributed by atoms with Crippen LogP contribution in [0.15, 0.2) is 23.4 Å². The Morgan fingerprint density at radius 1 is 1.26 bits per heavy atom. The molecule has 0 spiro atoms. The number of hydrogen-bond donors (Lipinski definition) is 1. The molecule has 0 saturated heterocycles. The number of benzene rings is 1. The lowest BCUT2D eigenvalue weighted by atomic mass is 10.3. The predicted octanol–water partition coefficient (Wildman–Crippen LogP) is 2.62. The van der Waals surface area contributed by atoms with Crippen LogP contribution in [-0.2, 0) is 9.63 Å². The number of nitrogens with one attached hydrogen (secondary N) is 1. The van der Waals surface area contributed by atoms with Gasteiger partial charge in [0.2, 0.25) is 0 Å². The van der Waals surface area contributed by atoms with E-state index in [9.17, 15) is 9.59 Å². The molecule has 0 aromatic heterocycles. The molecule has 102 valence electrons. The van der Waals surface area contributed by atoms with Crippen LogP contribution in [0.1, 0.15) is 0 Å².